The summed E-state index contributed by atoms with van der Waals surface area (Å²) in [5.41, 5.74) is 0.958. The van der Waals surface area contributed by atoms with E-state index in [-0.39, 0.29) is 5.97 Å². The molecule has 0 spiro atoms. The van der Waals surface area contributed by atoms with E-state index in [1.807, 2.05) is 5.38 Å². The second-order valence-corrected chi connectivity index (χ2v) is 6.09. The fourth-order valence-corrected chi connectivity index (χ4v) is 3.20. The summed E-state index contributed by atoms with van der Waals surface area (Å²) in [6, 6.07) is 0.603. The van der Waals surface area contributed by atoms with Crippen LogP contribution in [0.25, 0.3) is 0 Å². The van der Waals surface area contributed by atoms with E-state index in [0.717, 1.165) is 17.4 Å². The highest BCUT2D eigenvalue weighted by Crippen LogP contribution is 2.19. The van der Waals surface area contributed by atoms with Gasteiger partial charge >= 0.3 is 5.97 Å². The SMILES string of the molecule is COC(=O)CCc1csc(NCC2CCCCN2C)n1. The van der Waals surface area contributed by atoms with Crippen LogP contribution >= 0.6 is 11.3 Å². The van der Waals surface area contributed by atoms with Crippen LogP contribution in [0.4, 0.5) is 5.13 Å². The lowest BCUT2D eigenvalue weighted by Gasteiger charge is -2.32. The molecular formula is C14H23N3O2S. The molecule has 1 unspecified atom stereocenters. The van der Waals surface area contributed by atoms with E-state index in [4.69, 9.17) is 0 Å². The van der Waals surface area contributed by atoms with Crippen LogP contribution in [-0.4, -0.2) is 49.1 Å². The van der Waals surface area contributed by atoms with E-state index in [0.29, 0.717) is 18.9 Å². The van der Waals surface area contributed by atoms with Gasteiger partial charge in [0.2, 0.25) is 0 Å². The number of hydrogen-bond donors (Lipinski definition) is 1. The topological polar surface area (TPSA) is 54.5 Å². The van der Waals surface area contributed by atoms with Gasteiger partial charge in [0.25, 0.3) is 0 Å². The van der Waals surface area contributed by atoms with E-state index in [1.54, 1.807) is 11.3 Å². The molecule has 1 aromatic rings. The maximum Gasteiger partial charge on any atom is 0.305 e. The third kappa shape index (κ3) is 4.45. The molecule has 112 valence electrons. The van der Waals surface area contributed by atoms with Gasteiger partial charge < -0.3 is 15.0 Å². The zero-order valence-corrected chi connectivity index (χ0v) is 13.0. The molecular weight excluding hydrogens is 274 g/mol. The summed E-state index contributed by atoms with van der Waals surface area (Å²) in [6.45, 7) is 2.13. The van der Waals surface area contributed by atoms with Crippen LogP contribution in [0.15, 0.2) is 5.38 Å². The van der Waals surface area contributed by atoms with Gasteiger partial charge in [0.15, 0.2) is 5.13 Å². The van der Waals surface area contributed by atoms with Crippen molar-refractivity contribution in [3.8, 4) is 0 Å². The van der Waals surface area contributed by atoms with Crippen LogP contribution in [0.5, 0.6) is 0 Å². The Hall–Kier alpha value is -1.14. The van der Waals surface area contributed by atoms with Crippen molar-refractivity contribution in [3.63, 3.8) is 0 Å². The van der Waals surface area contributed by atoms with Crippen molar-refractivity contribution < 1.29 is 9.53 Å². The lowest BCUT2D eigenvalue weighted by molar-refractivity contribution is -0.140. The van der Waals surface area contributed by atoms with Crippen molar-refractivity contribution >= 4 is 22.4 Å². The lowest BCUT2D eigenvalue weighted by atomic mass is 10.0. The van der Waals surface area contributed by atoms with Crippen LogP contribution in [0.2, 0.25) is 0 Å². The standard InChI is InChI=1S/C14H23N3O2S/c1-17-8-4-3-5-12(17)9-15-14-16-11(10-20-14)6-7-13(18)19-2/h10,12H,3-9H2,1-2H3,(H,15,16). The largest absolute Gasteiger partial charge is 0.469 e. The maximum atomic E-state index is 11.1. The number of anilines is 1. The number of hydrogen-bond acceptors (Lipinski definition) is 6. The highest BCUT2D eigenvalue weighted by Gasteiger charge is 2.18. The Morgan fingerprint density at radius 2 is 2.45 bits per heavy atom. The van der Waals surface area contributed by atoms with Crippen LogP contribution in [0.1, 0.15) is 31.4 Å². The van der Waals surface area contributed by atoms with Gasteiger partial charge in [0.1, 0.15) is 0 Å². The molecule has 1 aliphatic heterocycles. The first kappa shape index (κ1) is 15.3. The Kier molecular flexibility index (Phi) is 5.79. The number of piperidine rings is 1. The quantitative estimate of drug-likeness (QED) is 0.815. The number of nitrogens with zero attached hydrogens (tertiary/aromatic N) is 2. The van der Waals surface area contributed by atoms with Crippen molar-refractivity contribution in [2.75, 3.05) is 32.6 Å². The third-order valence-electron chi connectivity index (χ3n) is 3.78. The van der Waals surface area contributed by atoms with Gasteiger partial charge in [-0.3, -0.25) is 4.79 Å². The normalized spacial score (nSPS) is 19.8. The van der Waals surface area contributed by atoms with Gasteiger partial charge in [-0.15, -0.1) is 11.3 Å². The fraction of sp³-hybridized carbons (Fsp3) is 0.714. The number of methoxy groups -OCH3 is 1. The summed E-state index contributed by atoms with van der Waals surface area (Å²) in [5.74, 6) is -0.184. The number of nitrogens with one attached hydrogen (secondary N) is 1. The summed E-state index contributed by atoms with van der Waals surface area (Å²) < 4.78 is 4.63. The van der Waals surface area contributed by atoms with Crippen LogP contribution in [-0.2, 0) is 16.0 Å². The molecule has 6 heteroatoms. The van der Waals surface area contributed by atoms with Gasteiger partial charge in [-0.1, -0.05) is 6.42 Å². The van der Waals surface area contributed by atoms with Crippen LogP contribution in [0.3, 0.4) is 0 Å². The lowest BCUT2D eigenvalue weighted by Crippen LogP contribution is -2.40. The minimum atomic E-state index is -0.184. The van der Waals surface area contributed by atoms with Gasteiger partial charge in [0, 0.05) is 24.4 Å². The van der Waals surface area contributed by atoms with E-state index < -0.39 is 0 Å². The number of carbonyl (C=O) groups is 1. The monoisotopic (exact) mass is 297 g/mol. The molecule has 0 saturated carbocycles. The molecule has 2 rings (SSSR count). The molecule has 0 aromatic carbocycles. The molecule has 0 amide bonds. The molecule has 5 nitrogen and oxygen atoms in total. The number of rotatable bonds is 6. The molecule has 0 aliphatic carbocycles. The first-order valence-electron chi connectivity index (χ1n) is 7.14. The number of aromatic nitrogens is 1. The molecule has 1 aromatic heterocycles. The average molecular weight is 297 g/mol. The van der Waals surface area contributed by atoms with Gasteiger partial charge in [-0.2, -0.15) is 0 Å². The first-order chi connectivity index (χ1) is 9.69. The number of likely N-dealkylation sites (N-methyl/N-ethyl adjacent to an activating group) is 1. The van der Waals surface area contributed by atoms with Crippen molar-refractivity contribution in [1.82, 2.24) is 9.88 Å². The highest BCUT2D eigenvalue weighted by molar-refractivity contribution is 7.13. The van der Waals surface area contributed by atoms with Gasteiger partial charge in [-0.05, 0) is 26.4 Å². The summed E-state index contributed by atoms with van der Waals surface area (Å²) in [6.07, 6.45) is 4.92. The number of aryl methyl sites for hydroxylation is 1. The zero-order chi connectivity index (χ0) is 14.4. The Morgan fingerprint density at radius 3 is 3.20 bits per heavy atom. The Bertz CT molecular complexity index is 436. The fourth-order valence-electron chi connectivity index (χ4n) is 2.44. The second kappa shape index (κ2) is 7.59. The summed E-state index contributed by atoms with van der Waals surface area (Å²) >= 11 is 1.61. The molecule has 0 bridgehead atoms. The predicted molar refractivity (Wildman–Crippen MR) is 81.2 cm³/mol. The Morgan fingerprint density at radius 1 is 1.60 bits per heavy atom. The maximum absolute atomic E-state index is 11.1. The number of ether oxygens (including phenoxy) is 1. The van der Waals surface area contributed by atoms with Crippen LogP contribution < -0.4 is 5.32 Å². The Labute approximate surface area is 124 Å². The van der Waals surface area contributed by atoms with Gasteiger partial charge in [-0.25, -0.2) is 4.98 Å². The molecule has 1 N–H and O–H groups in total. The first-order valence-corrected chi connectivity index (χ1v) is 8.02. The number of likely N-dealkylation sites (tertiary alicyclic amines) is 1. The van der Waals surface area contributed by atoms with Crippen molar-refractivity contribution in [1.29, 1.82) is 0 Å². The Balaban J connectivity index is 1.76. The smallest absolute Gasteiger partial charge is 0.305 e. The summed E-state index contributed by atoms with van der Waals surface area (Å²) in [5, 5.41) is 6.37. The number of esters is 1. The van der Waals surface area contributed by atoms with Crippen molar-refractivity contribution in [2.24, 2.45) is 0 Å². The van der Waals surface area contributed by atoms with E-state index in [9.17, 15) is 4.79 Å². The molecule has 20 heavy (non-hydrogen) atoms. The van der Waals surface area contributed by atoms with E-state index >= 15 is 0 Å². The molecule has 1 atom stereocenters. The zero-order valence-electron chi connectivity index (χ0n) is 12.2. The molecule has 0 radical (unpaired) electrons. The van der Waals surface area contributed by atoms with Gasteiger partial charge in [0.05, 0.1) is 19.2 Å². The average Bonchev–Trinajstić information content (AvgIpc) is 2.92. The van der Waals surface area contributed by atoms with Crippen LogP contribution in [0, 0.1) is 0 Å². The minimum Gasteiger partial charge on any atom is -0.469 e. The molecule has 1 saturated heterocycles. The molecule has 1 fully saturated rings. The molecule has 1 aliphatic rings. The van der Waals surface area contributed by atoms with E-state index in [1.165, 1.54) is 32.9 Å². The highest BCUT2D eigenvalue weighted by atomic mass is 32.1. The summed E-state index contributed by atoms with van der Waals surface area (Å²) in [7, 11) is 3.60. The predicted octanol–water partition coefficient (Wildman–Crippen LogP) is 2.14. The van der Waals surface area contributed by atoms with Crippen molar-refractivity contribution in [3.05, 3.63) is 11.1 Å². The number of thiazole rings is 1. The van der Waals surface area contributed by atoms with Crippen molar-refractivity contribution in [2.45, 2.75) is 38.1 Å². The molecule has 2 heterocycles. The second-order valence-electron chi connectivity index (χ2n) is 5.23. The third-order valence-corrected chi connectivity index (χ3v) is 4.62. The van der Waals surface area contributed by atoms with E-state index in [2.05, 4.69) is 27.0 Å². The minimum absolute atomic E-state index is 0.184. The summed E-state index contributed by atoms with van der Waals surface area (Å²) in [4.78, 5) is 18.0. The number of carbonyl (C=O) groups excluding carboxylic acids is 1.